The van der Waals surface area contributed by atoms with Crippen LogP contribution in [0.1, 0.15) is 63.5 Å². The number of rotatable bonds is 4. The number of hydrogen-bond donors (Lipinski definition) is 2. The minimum atomic E-state index is -0.104. The summed E-state index contributed by atoms with van der Waals surface area (Å²) in [4.78, 5) is 27.2. The zero-order chi connectivity index (χ0) is 19.3. The number of benzene rings is 1. The molecule has 1 aromatic rings. The Morgan fingerprint density at radius 2 is 1.68 bits per heavy atom. The normalized spacial score (nSPS) is 37.2. The van der Waals surface area contributed by atoms with Gasteiger partial charge in [-0.1, -0.05) is 30.3 Å². The van der Waals surface area contributed by atoms with Crippen molar-refractivity contribution in [3.05, 3.63) is 35.9 Å². The van der Waals surface area contributed by atoms with Crippen LogP contribution in [0.2, 0.25) is 0 Å². The highest BCUT2D eigenvalue weighted by Crippen LogP contribution is 2.55. The number of amides is 3. The predicted molar refractivity (Wildman–Crippen MR) is 108 cm³/mol. The molecule has 150 valence electrons. The summed E-state index contributed by atoms with van der Waals surface area (Å²) in [7, 11) is 0. The summed E-state index contributed by atoms with van der Waals surface area (Å²) in [6, 6.07) is 9.95. The first-order chi connectivity index (χ1) is 13.5. The van der Waals surface area contributed by atoms with Crippen LogP contribution in [-0.2, 0) is 4.79 Å². The number of carbonyl (C=O) groups excluding carboxylic acids is 2. The first kappa shape index (κ1) is 18.0. The first-order valence-electron chi connectivity index (χ1n) is 10.9. The van der Waals surface area contributed by atoms with E-state index in [1.54, 1.807) is 0 Å². The molecule has 0 spiro atoms. The van der Waals surface area contributed by atoms with E-state index in [9.17, 15) is 9.59 Å². The second-order valence-corrected chi connectivity index (χ2v) is 9.83. The number of carbonyl (C=O) groups is 2. The van der Waals surface area contributed by atoms with Gasteiger partial charge in [-0.3, -0.25) is 4.79 Å². The van der Waals surface area contributed by atoms with Crippen molar-refractivity contribution in [2.24, 2.45) is 17.8 Å². The van der Waals surface area contributed by atoms with Crippen molar-refractivity contribution >= 4 is 11.9 Å². The average molecular weight is 382 g/mol. The second-order valence-electron chi connectivity index (χ2n) is 9.83. The van der Waals surface area contributed by atoms with Crippen LogP contribution in [0.5, 0.6) is 0 Å². The number of likely N-dealkylation sites (tertiary alicyclic amines) is 1. The minimum Gasteiger partial charge on any atom is -0.334 e. The van der Waals surface area contributed by atoms with Crippen LogP contribution in [0.25, 0.3) is 0 Å². The van der Waals surface area contributed by atoms with Gasteiger partial charge >= 0.3 is 6.03 Å². The van der Waals surface area contributed by atoms with E-state index < -0.39 is 0 Å². The van der Waals surface area contributed by atoms with Crippen molar-refractivity contribution in [3.63, 3.8) is 0 Å². The summed E-state index contributed by atoms with van der Waals surface area (Å²) in [5.41, 5.74) is 1.15. The van der Waals surface area contributed by atoms with Crippen LogP contribution in [0.15, 0.2) is 30.3 Å². The lowest BCUT2D eigenvalue weighted by Gasteiger charge is -2.56. The zero-order valence-electron chi connectivity index (χ0n) is 16.7. The van der Waals surface area contributed by atoms with Crippen molar-refractivity contribution in [2.45, 2.75) is 69.5 Å². The molecule has 4 aliphatic carbocycles. The molecule has 1 heterocycles. The molecule has 2 unspecified atom stereocenters. The highest BCUT2D eigenvalue weighted by molar-refractivity contribution is 5.82. The zero-order valence-corrected chi connectivity index (χ0v) is 16.7. The molecule has 1 saturated heterocycles. The van der Waals surface area contributed by atoms with E-state index in [-0.39, 0.29) is 29.6 Å². The van der Waals surface area contributed by atoms with E-state index in [4.69, 9.17) is 0 Å². The van der Waals surface area contributed by atoms with Gasteiger partial charge in [0, 0.05) is 18.5 Å². The Kier molecular flexibility index (Phi) is 4.37. The highest BCUT2D eigenvalue weighted by Gasteiger charge is 2.51. The van der Waals surface area contributed by atoms with Crippen LogP contribution in [0.4, 0.5) is 4.79 Å². The third-order valence-corrected chi connectivity index (χ3v) is 7.66. The van der Waals surface area contributed by atoms with Crippen LogP contribution in [0.3, 0.4) is 0 Å². The molecule has 5 aliphatic rings. The standard InChI is InChI=1S/C23H31N3O2/c1-15(19-5-3-2-4-6-19)26-14-20(10-21(26)27)24-22(28)25-23-11-16-7-17(12-23)9-18(8-16)13-23/h2-6,15-18,20H,7-14H2,1H3,(H2,24,25,28). The number of nitrogens with one attached hydrogen (secondary N) is 2. The topological polar surface area (TPSA) is 61.4 Å². The molecule has 4 saturated carbocycles. The van der Waals surface area contributed by atoms with Gasteiger partial charge in [-0.05, 0) is 68.8 Å². The molecule has 1 aromatic carbocycles. The maximum absolute atomic E-state index is 12.8. The van der Waals surface area contributed by atoms with Crippen molar-refractivity contribution < 1.29 is 9.59 Å². The molecule has 5 fully saturated rings. The quantitative estimate of drug-likeness (QED) is 0.837. The van der Waals surface area contributed by atoms with Crippen LogP contribution in [0, 0.1) is 17.8 Å². The minimum absolute atomic E-state index is 0.0124. The molecule has 0 aromatic heterocycles. The Morgan fingerprint density at radius 1 is 1.07 bits per heavy atom. The Hall–Kier alpha value is -2.04. The molecule has 0 radical (unpaired) electrons. The van der Waals surface area contributed by atoms with Gasteiger partial charge in [0.15, 0.2) is 0 Å². The number of nitrogens with zero attached hydrogens (tertiary/aromatic N) is 1. The van der Waals surface area contributed by atoms with E-state index in [1.165, 1.54) is 19.3 Å². The van der Waals surface area contributed by atoms with Gasteiger partial charge in [0.2, 0.25) is 5.91 Å². The number of hydrogen-bond acceptors (Lipinski definition) is 2. The molecule has 2 N–H and O–H groups in total. The van der Waals surface area contributed by atoms with Gasteiger partial charge in [-0.25, -0.2) is 4.79 Å². The van der Waals surface area contributed by atoms with Gasteiger partial charge in [-0.2, -0.15) is 0 Å². The molecule has 5 heteroatoms. The van der Waals surface area contributed by atoms with Crippen LogP contribution in [-0.4, -0.2) is 35.0 Å². The van der Waals surface area contributed by atoms with E-state index in [0.29, 0.717) is 13.0 Å². The van der Waals surface area contributed by atoms with Gasteiger partial charge in [0.1, 0.15) is 0 Å². The van der Waals surface area contributed by atoms with Gasteiger partial charge in [0.05, 0.1) is 12.1 Å². The average Bonchev–Trinajstić information content (AvgIpc) is 3.00. The van der Waals surface area contributed by atoms with E-state index >= 15 is 0 Å². The highest BCUT2D eigenvalue weighted by atomic mass is 16.2. The van der Waals surface area contributed by atoms with E-state index in [0.717, 1.165) is 42.6 Å². The van der Waals surface area contributed by atoms with Crippen molar-refractivity contribution in [3.8, 4) is 0 Å². The third-order valence-electron chi connectivity index (χ3n) is 7.66. The summed E-state index contributed by atoms with van der Waals surface area (Å²) in [5, 5.41) is 6.47. The Bertz CT molecular complexity index is 727. The molecule has 3 amide bonds. The lowest BCUT2D eigenvalue weighted by atomic mass is 9.53. The summed E-state index contributed by atoms with van der Waals surface area (Å²) in [6.07, 6.45) is 7.93. The van der Waals surface area contributed by atoms with E-state index in [2.05, 4.69) is 29.7 Å². The van der Waals surface area contributed by atoms with Gasteiger partial charge in [0.25, 0.3) is 0 Å². The lowest BCUT2D eigenvalue weighted by molar-refractivity contribution is -0.129. The maximum Gasteiger partial charge on any atom is 0.315 e. The fourth-order valence-corrected chi connectivity index (χ4v) is 6.84. The largest absolute Gasteiger partial charge is 0.334 e. The monoisotopic (exact) mass is 381 g/mol. The maximum atomic E-state index is 12.8. The first-order valence-corrected chi connectivity index (χ1v) is 10.9. The molecular formula is C23H31N3O2. The molecule has 1 aliphatic heterocycles. The third kappa shape index (κ3) is 3.29. The predicted octanol–water partition coefficient (Wildman–Crippen LogP) is 3.62. The molecule has 6 rings (SSSR count). The smallest absolute Gasteiger partial charge is 0.315 e. The summed E-state index contributed by atoms with van der Waals surface area (Å²) >= 11 is 0. The SMILES string of the molecule is CC(c1ccccc1)N1CC(NC(=O)NC23CC4CC(CC(C4)C2)C3)CC1=O. The summed E-state index contributed by atoms with van der Waals surface area (Å²) < 4.78 is 0. The summed E-state index contributed by atoms with van der Waals surface area (Å²) in [5.74, 6) is 2.54. The molecule has 5 nitrogen and oxygen atoms in total. The molecular weight excluding hydrogens is 350 g/mol. The van der Waals surface area contributed by atoms with Crippen LogP contribution >= 0.6 is 0 Å². The molecule has 28 heavy (non-hydrogen) atoms. The fraction of sp³-hybridized carbons (Fsp3) is 0.652. The Balaban J connectivity index is 1.19. The Labute approximate surface area is 167 Å². The lowest BCUT2D eigenvalue weighted by Crippen LogP contribution is -2.62. The van der Waals surface area contributed by atoms with Gasteiger partial charge < -0.3 is 15.5 Å². The second kappa shape index (κ2) is 6.78. The van der Waals surface area contributed by atoms with Crippen molar-refractivity contribution in [2.75, 3.05) is 6.54 Å². The molecule has 4 bridgehead atoms. The fourth-order valence-electron chi connectivity index (χ4n) is 6.84. The Morgan fingerprint density at radius 3 is 2.29 bits per heavy atom. The van der Waals surface area contributed by atoms with Gasteiger partial charge in [-0.15, -0.1) is 0 Å². The van der Waals surface area contributed by atoms with Crippen molar-refractivity contribution in [1.29, 1.82) is 0 Å². The number of urea groups is 1. The van der Waals surface area contributed by atoms with Crippen molar-refractivity contribution in [1.82, 2.24) is 15.5 Å². The van der Waals surface area contributed by atoms with Crippen LogP contribution < -0.4 is 10.6 Å². The molecule has 2 atom stereocenters. The summed E-state index contributed by atoms with van der Waals surface area (Å²) in [6.45, 7) is 2.65. The van der Waals surface area contributed by atoms with E-state index in [1.807, 2.05) is 23.1 Å².